The highest BCUT2D eigenvalue weighted by atomic mass is 31.2. The third-order valence-electron chi connectivity index (χ3n) is 5.20. The standard InChI is InChI=1S/C12H17N5O8P2/c13-10-9-11(15-4-14-10)17(5-16-9)12-1-7(12)6(3-24-26(18,19)20)8(2-12)25-27(21,22)23/h4-8H,1-3H2,(H2,13,14,15)(H2,18,19,20)(H2,21,22,23)/t6-,7-,8-,12+/m0/s1. The highest BCUT2D eigenvalue weighted by Crippen LogP contribution is 2.67. The average Bonchev–Trinajstić information content (AvgIpc) is 2.94. The van der Waals surface area contributed by atoms with Crippen LogP contribution in [-0.4, -0.2) is 51.8 Å². The maximum Gasteiger partial charge on any atom is 0.469 e. The molecule has 0 bridgehead atoms. The van der Waals surface area contributed by atoms with E-state index in [0.717, 1.165) is 0 Å². The number of nitrogen functional groups attached to an aromatic ring is 1. The molecule has 4 atom stereocenters. The molecule has 0 radical (unpaired) electrons. The van der Waals surface area contributed by atoms with Gasteiger partial charge in [-0.25, -0.2) is 24.1 Å². The highest BCUT2D eigenvalue weighted by Gasteiger charge is 2.68. The van der Waals surface area contributed by atoms with Crippen LogP contribution < -0.4 is 5.73 Å². The van der Waals surface area contributed by atoms with Crippen molar-refractivity contribution in [2.75, 3.05) is 12.3 Å². The van der Waals surface area contributed by atoms with E-state index in [1.807, 2.05) is 0 Å². The number of nitrogens with zero attached hydrogens (tertiary/aromatic N) is 4. The van der Waals surface area contributed by atoms with Crippen molar-refractivity contribution in [1.82, 2.24) is 19.5 Å². The first-order valence-corrected chi connectivity index (χ1v) is 10.9. The van der Waals surface area contributed by atoms with Gasteiger partial charge in [0.2, 0.25) is 0 Å². The van der Waals surface area contributed by atoms with Crippen molar-refractivity contribution in [1.29, 1.82) is 0 Å². The van der Waals surface area contributed by atoms with Gasteiger partial charge in [0.15, 0.2) is 11.5 Å². The molecule has 0 spiro atoms. The van der Waals surface area contributed by atoms with Gasteiger partial charge < -0.3 is 29.9 Å². The van der Waals surface area contributed by atoms with Crippen LogP contribution in [0.15, 0.2) is 12.7 Å². The van der Waals surface area contributed by atoms with Crippen LogP contribution in [0.4, 0.5) is 5.82 Å². The largest absolute Gasteiger partial charge is 0.469 e. The van der Waals surface area contributed by atoms with Crippen molar-refractivity contribution >= 4 is 32.6 Å². The summed E-state index contributed by atoms with van der Waals surface area (Å²) >= 11 is 0. The maximum atomic E-state index is 11.3. The molecule has 2 aromatic rings. The fourth-order valence-corrected chi connectivity index (χ4v) is 5.07. The van der Waals surface area contributed by atoms with Gasteiger partial charge in [-0.1, -0.05) is 0 Å². The van der Waals surface area contributed by atoms with Gasteiger partial charge in [-0.05, 0) is 18.8 Å². The number of phosphoric acid groups is 2. The number of hydrogen-bond donors (Lipinski definition) is 5. The first-order chi connectivity index (χ1) is 12.5. The summed E-state index contributed by atoms with van der Waals surface area (Å²) in [6, 6.07) is 0. The van der Waals surface area contributed by atoms with Crippen molar-refractivity contribution < 1.29 is 37.8 Å². The Morgan fingerprint density at radius 1 is 1.19 bits per heavy atom. The normalized spacial score (nSPS) is 30.6. The van der Waals surface area contributed by atoms with E-state index < -0.39 is 39.8 Å². The van der Waals surface area contributed by atoms with Crippen molar-refractivity contribution in [2.45, 2.75) is 24.5 Å². The Labute approximate surface area is 152 Å². The van der Waals surface area contributed by atoms with Crippen LogP contribution in [0.3, 0.4) is 0 Å². The number of fused-ring (bicyclic) bond motifs is 2. The number of aromatic nitrogens is 4. The molecule has 27 heavy (non-hydrogen) atoms. The SMILES string of the molecule is Nc1ncnc2c1ncn2[C@]12C[C@H](OP(=O)(O)O)[C@@H](COP(=O)(O)O)[C@@H]1C2. The summed E-state index contributed by atoms with van der Waals surface area (Å²) in [6.07, 6.45) is 2.66. The Morgan fingerprint density at radius 3 is 2.59 bits per heavy atom. The number of hydrogen-bond acceptors (Lipinski definition) is 8. The fraction of sp³-hybridized carbons (Fsp3) is 0.583. The number of anilines is 1. The number of imidazole rings is 1. The Kier molecular flexibility index (Phi) is 4.22. The smallest absolute Gasteiger partial charge is 0.382 e. The molecule has 148 valence electrons. The zero-order valence-electron chi connectivity index (χ0n) is 13.7. The second kappa shape index (κ2) is 6.03. The molecule has 0 amide bonds. The van der Waals surface area contributed by atoms with Crippen molar-refractivity contribution in [2.24, 2.45) is 11.8 Å². The van der Waals surface area contributed by atoms with Crippen molar-refractivity contribution in [3.63, 3.8) is 0 Å². The van der Waals surface area contributed by atoms with Gasteiger partial charge in [0, 0.05) is 5.92 Å². The van der Waals surface area contributed by atoms with E-state index in [0.29, 0.717) is 17.6 Å². The third kappa shape index (κ3) is 3.41. The Bertz CT molecular complexity index is 987. The van der Waals surface area contributed by atoms with E-state index in [4.69, 9.17) is 20.0 Å². The second-order valence-corrected chi connectivity index (χ2v) is 9.18. The highest BCUT2D eigenvalue weighted by molar-refractivity contribution is 7.46. The minimum atomic E-state index is -4.81. The lowest BCUT2D eigenvalue weighted by molar-refractivity contribution is 0.0594. The molecule has 0 saturated heterocycles. The first kappa shape index (κ1) is 18.9. The molecule has 2 fully saturated rings. The fourth-order valence-electron chi connectivity index (χ4n) is 4.12. The average molecular weight is 421 g/mol. The zero-order valence-corrected chi connectivity index (χ0v) is 15.5. The summed E-state index contributed by atoms with van der Waals surface area (Å²) < 4.78 is 33.6. The van der Waals surface area contributed by atoms with Gasteiger partial charge >= 0.3 is 15.6 Å². The number of nitrogens with two attached hydrogens (primary N) is 1. The van der Waals surface area contributed by atoms with Gasteiger partial charge in [0.25, 0.3) is 0 Å². The summed E-state index contributed by atoms with van der Waals surface area (Å²) in [7, 11) is -9.54. The summed E-state index contributed by atoms with van der Waals surface area (Å²) in [5.74, 6) is -0.606. The van der Waals surface area contributed by atoms with Gasteiger partial charge in [-0.3, -0.25) is 9.05 Å². The quantitative estimate of drug-likeness (QED) is 0.383. The van der Waals surface area contributed by atoms with Gasteiger partial charge in [-0.2, -0.15) is 0 Å². The maximum absolute atomic E-state index is 11.3. The Hall–Kier alpha value is -1.43. The van der Waals surface area contributed by atoms with Gasteiger partial charge in [0.1, 0.15) is 11.8 Å². The molecule has 2 aliphatic carbocycles. The zero-order chi connectivity index (χ0) is 19.6. The predicted octanol–water partition coefficient (Wildman–Crippen LogP) is -0.269. The molecule has 15 heteroatoms. The molecular weight excluding hydrogens is 404 g/mol. The summed E-state index contributed by atoms with van der Waals surface area (Å²) in [5.41, 5.74) is 6.07. The van der Waals surface area contributed by atoms with Gasteiger partial charge in [0.05, 0.1) is 24.6 Å². The molecule has 2 aliphatic rings. The molecular formula is C12H17N5O8P2. The van der Waals surface area contributed by atoms with E-state index in [1.54, 1.807) is 4.57 Å². The second-order valence-electron chi connectivity index (χ2n) is 6.75. The minimum Gasteiger partial charge on any atom is -0.382 e. The van der Waals surface area contributed by atoms with E-state index >= 15 is 0 Å². The van der Waals surface area contributed by atoms with Crippen LogP contribution in [0.5, 0.6) is 0 Å². The van der Waals surface area contributed by atoms with Crippen molar-refractivity contribution in [3.8, 4) is 0 Å². The minimum absolute atomic E-state index is 0.186. The molecule has 4 rings (SSSR count). The molecule has 0 unspecified atom stereocenters. The molecule has 2 aromatic heterocycles. The molecule has 0 aliphatic heterocycles. The summed E-state index contributed by atoms with van der Waals surface area (Å²) in [5, 5.41) is 0. The summed E-state index contributed by atoms with van der Waals surface area (Å²) in [4.78, 5) is 48.6. The monoisotopic (exact) mass is 421 g/mol. The van der Waals surface area contributed by atoms with Crippen LogP contribution in [0.2, 0.25) is 0 Å². The Balaban J connectivity index is 1.67. The molecule has 13 nitrogen and oxygen atoms in total. The molecule has 0 aromatic carbocycles. The van der Waals surface area contributed by atoms with E-state index in [-0.39, 0.29) is 18.2 Å². The van der Waals surface area contributed by atoms with Crippen LogP contribution in [0.25, 0.3) is 11.2 Å². The van der Waals surface area contributed by atoms with E-state index in [1.165, 1.54) is 12.7 Å². The first-order valence-electron chi connectivity index (χ1n) is 7.88. The molecule has 2 heterocycles. The van der Waals surface area contributed by atoms with Gasteiger partial charge in [-0.15, -0.1) is 0 Å². The van der Waals surface area contributed by atoms with Crippen molar-refractivity contribution in [3.05, 3.63) is 12.7 Å². The number of phosphoric ester groups is 2. The van der Waals surface area contributed by atoms with Crippen LogP contribution in [0, 0.1) is 11.8 Å². The molecule has 2 saturated carbocycles. The number of rotatable bonds is 6. The van der Waals surface area contributed by atoms with Crippen LogP contribution >= 0.6 is 15.6 Å². The lowest BCUT2D eigenvalue weighted by atomic mass is 10.0. The predicted molar refractivity (Wildman–Crippen MR) is 88.8 cm³/mol. The van der Waals surface area contributed by atoms with Crippen LogP contribution in [-0.2, 0) is 23.7 Å². The van der Waals surface area contributed by atoms with E-state index in [9.17, 15) is 18.9 Å². The lowest BCUT2D eigenvalue weighted by Gasteiger charge is -2.23. The third-order valence-corrected chi connectivity index (χ3v) is 6.23. The summed E-state index contributed by atoms with van der Waals surface area (Å²) in [6.45, 7) is -0.398. The lowest BCUT2D eigenvalue weighted by Crippen LogP contribution is -2.25. The topological polar surface area (TPSA) is 203 Å². The van der Waals surface area contributed by atoms with Crippen LogP contribution in [0.1, 0.15) is 12.8 Å². The Morgan fingerprint density at radius 2 is 1.93 bits per heavy atom. The van der Waals surface area contributed by atoms with E-state index in [2.05, 4.69) is 19.5 Å². The molecule has 6 N–H and O–H groups in total.